The number of fused-ring (bicyclic) bond motifs is 1. The molecule has 0 bridgehead atoms. The molecule has 3 N–H and O–H groups in total. The van der Waals surface area contributed by atoms with Crippen LogP contribution >= 0.6 is 12.2 Å². The lowest BCUT2D eigenvalue weighted by Gasteiger charge is -2.13. The molecule has 0 aromatic heterocycles. The van der Waals surface area contributed by atoms with Crippen LogP contribution in [0.3, 0.4) is 0 Å². The second-order valence-electron chi connectivity index (χ2n) is 4.53. The number of benzene rings is 1. The van der Waals surface area contributed by atoms with Gasteiger partial charge in [0, 0.05) is 23.8 Å². The Labute approximate surface area is 105 Å². The molecular weight excluding hydrogens is 234 g/mol. The summed E-state index contributed by atoms with van der Waals surface area (Å²) in [7, 11) is 0. The van der Waals surface area contributed by atoms with Crippen molar-refractivity contribution in [1.82, 2.24) is 4.90 Å². The highest BCUT2D eigenvalue weighted by molar-refractivity contribution is 7.80. The molecule has 1 amide bonds. The Kier molecular flexibility index (Phi) is 2.29. The van der Waals surface area contributed by atoms with Crippen LogP contribution in [0.25, 0.3) is 0 Å². The van der Waals surface area contributed by atoms with Crippen molar-refractivity contribution >= 4 is 28.9 Å². The number of nitrogens with two attached hydrogens (primary N) is 1. The standard InChI is InChI=1S/C12H13N3OS/c13-12(17)14-8-2-1-7-6-15(9-3-4-9)11(16)10(7)5-8/h1-2,5,9H,3-4,6H2,(H3,13,14,17). The zero-order valence-electron chi connectivity index (χ0n) is 9.27. The molecule has 4 nitrogen and oxygen atoms in total. The number of carbonyl (C=O) groups excluding carboxylic acids is 1. The Hall–Kier alpha value is -1.62. The van der Waals surface area contributed by atoms with E-state index in [0.29, 0.717) is 6.04 Å². The first-order valence-corrected chi connectivity index (χ1v) is 6.06. The smallest absolute Gasteiger partial charge is 0.254 e. The summed E-state index contributed by atoms with van der Waals surface area (Å²) in [5, 5.41) is 3.07. The van der Waals surface area contributed by atoms with Crippen molar-refractivity contribution in [2.75, 3.05) is 5.32 Å². The van der Waals surface area contributed by atoms with Gasteiger partial charge >= 0.3 is 0 Å². The largest absolute Gasteiger partial charge is 0.376 e. The Balaban J connectivity index is 1.89. The van der Waals surface area contributed by atoms with E-state index < -0.39 is 0 Å². The molecule has 0 radical (unpaired) electrons. The van der Waals surface area contributed by atoms with E-state index in [2.05, 4.69) is 5.32 Å². The van der Waals surface area contributed by atoms with Gasteiger partial charge in [-0.25, -0.2) is 0 Å². The van der Waals surface area contributed by atoms with Crippen LogP contribution in [-0.4, -0.2) is 22.0 Å². The lowest BCUT2D eigenvalue weighted by Crippen LogP contribution is -2.25. The molecule has 1 fully saturated rings. The van der Waals surface area contributed by atoms with Crippen molar-refractivity contribution < 1.29 is 4.79 Å². The van der Waals surface area contributed by atoms with E-state index in [9.17, 15) is 4.79 Å². The van der Waals surface area contributed by atoms with E-state index in [1.807, 2.05) is 23.1 Å². The highest BCUT2D eigenvalue weighted by atomic mass is 32.1. The Bertz CT molecular complexity index is 510. The summed E-state index contributed by atoms with van der Waals surface area (Å²) in [5.74, 6) is 0.133. The minimum Gasteiger partial charge on any atom is -0.376 e. The molecule has 1 heterocycles. The van der Waals surface area contributed by atoms with E-state index >= 15 is 0 Å². The van der Waals surface area contributed by atoms with Gasteiger partial charge in [-0.1, -0.05) is 6.07 Å². The van der Waals surface area contributed by atoms with E-state index in [0.717, 1.165) is 36.2 Å². The quantitative estimate of drug-likeness (QED) is 0.777. The van der Waals surface area contributed by atoms with Crippen LogP contribution < -0.4 is 11.1 Å². The van der Waals surface area contributed by atoms with Crippen molar-refractivity contribution in [2.45, 2.75) is 25.4 Å². The third-order valence-electron chi connectivity index (χ3n) is 3.20. The molecule has 2 aliphatic rings. The summed E-state index contributed by atoms with van der Waals surface area (Å²) in [6.07, 6.45) is 2.27. The summed E-state index contributed by atoms with van der Waals surface area (Å²) < 4.78 is 0. The average Bonchev–Trinajstić information content (AvgIpc) is 3.05. The lowest BCUT2D eigenvalue weighted by molar-refractivity contribution is 0.0766. The number of amides is 1. The van der Waals surface area contributed by atoms with Gasteiger partial charge in [0.15, 0.2) is 5.11 Å². The summed E-state index contributed by atoms with van der Waals surface area (Å²) in [6, 6.07) is 6.17. The lowest BCUT2D eigenvalue weighted by atomic mass is 10.1. The van der Waals surface area contributed by atoms with Gasteiger partial charge in [0.05, 0.1) is 0 Å². The second-order valence-corrected chi connectivity index (χ2v) is 4.97. The molecule has 1 aromatic carbocycles. The molecular formula is C12H13N3OS. The molecule has 1 aliphatic heterocycles. The van der Waals surface area contributed by atoms with Crippen LogP contribution in [0, 0.1) is 0 Å². The van der Waals surface area contributed by atoms with Gasteiger partial charge in [0.2, 0.25) is 0 Å². The van der Waals surface area contributed by atoms with Crippen molar-refractivity contribution in [2.24, 2.45) is 5.73 Å². The predicted molar refractivity (Wildman–Crippen MR) is 69.7 cm³/mol. The fraction of sp³-hybridized carbons (Fsp3) is 0.333. The molecule has 1 aromatic rings. The Morgan fingerprint density at radius 2 is 2.24 bits per heavy atom. The molecule has 88 valence electrons. The molecule has 3 rings (SSSR count). The van der Waals surface area contributed by atoms with Crippen molar-refractivity contribution in [3.8, 4) is 0 Å². The second kappa shape index (κ2) is 3.70. The minimum atomic E-state index is 0.133. The third-order valence-corrected chi connectivity index (χ3v) is 3.30. The maximum absolute atomic E-state index is 12.2. The van der Waals surface area contributed by atoms with Crippen molar-refractivity contribution in [3.05, 3.63) is 29.3 Å². The van der Waals surface area contributed by atoms with Gasteiger partial charge in [-0.3, -0.25) is 4.79 Å². The minimum absolute atomic E-state index is 0.133. The van der Waals surface area contributed by atoms with Gasteiger partial charge in [-0.2, -0.15) is 0 Å². The number of hydrogen-bond donors (Lipinski definition) is 2. The third kappa shape index (κ3) is 1.86. The van der Waals surface area contributed by atoms with Gasteiger partial charge < -0.3 is 16.0 Å². The van der Waals surface area contributed by atoms with Crippen molar-refractivity contribution in [3.63, 3.8) is 0 Å². The molecule has 1 saturated carbocycles. The Morgan fingerprint density at radius 3 is 2.88 bits per heavy atom. The fourth-order valence-electron chi connectivity index (χ4n) is 2.22. The Morgan fingerprint density at radius 1 is 1.47 bits per heavy atom. The first kappa shape index (κ1) is 10.5. The molecule has 17 heavy (non-hydrogen) atoms. The normalized spacial score (nSPS) is 18.1. The van der Waals surface area contributed by atoms with E-state index in [-0.39, 0.29) is 11.0 Å². The van der Waals surface area contributed by atoms with Gasteiger partial charge in [-0.05, 0) is 42.8 Å². The average molecular weight is 247 g/mol. The molecule has 0 spiro atoms. The van der Waals surface area contributed by atoms with E-state index in [1.165, 1.54) is 0 Å². The maximum atomic E-state index is 12.2. The van der Waals surface area contributed by atoms with Crippen LogP contribution in [0.4, 0.5) is 5.69 Å². The van der Waals surface area contributed by atoms with Crippen molar-refractivity contribution in [1.29, 1.82) is 0 Å². The zero-order chi connectivity index (χ0) is 12.0. The number of rotatable bonds is 2. The molecule has 5 heteroatoms. The molecule has 0 saturated heterocycles. The first-order chi connectivity index (χ1) is 8.15. The van der Waals surface area contributed by atoms with Gasteiger partial charge in [-0.15, -0.1) is 0 Å². The van der Waals surface area contributed by atoms with Crippen LogP contribution in [0.1, 0.15) is 28.8 Å². The number of nitrogens with one attached hydrogen (secondary N) is 1. The number of nitrogens with zero attached hydrogens (tertiary/aromatic N) is 1. The van der Waals surface area contributed by atoms with E-state index in [1.54, 1.807) is 0 Å². The fourth-order valence-corrected chi connectivity index (χ4v) is 2.34. The highest BCUT2D eigenvalue weighted by Crippen LogP contribution is 2.35. The number of anilines is 1. The topological polar surface area (TPSA) is 58.4 Å². The van der Waals surface area contributed by atoms with Crippen LogP contribution in [0.5, 0.6) is 0 Å². The van der Waals surface area contributed by atoms with Crippen LogP contribution in [-0.2, 0) is 6.54 Å². The summed E-state index contributed by atoms with van der Waals surface area (Å²) >= 11 is 4.78. The summed E-state index contributed by atoms with van der Waals surface area (Å²) in [5.41, 5.74) is 8.06. The summed E-state index contributed by atoms with van der Waals surface area (Å²) in [4.78, 5) is 14.1. The molecule has 1 aliphatic carbocycles. The number of carbonyl (C=O) groups is 1. The number of thiocarbonyl (C=S) groups is 1. The monoisotopic (exact) mass is 247 g/mol. The van der Waals surface area contributed by atoms with Gasteiger partial charge in [0.1, 0.15) is 0 Å². The predicted octanol–water partition coefficient (Wildman–Crippen LogP) is 1.46. The molecule has 0 unspecified atom stereocenters. The van der Waals surface area contributed by atoms with E-state index in [4.69, 9.17) is 18.0 Å². The van der Waals surface area contributed by atoms with Gasteiger partial charge in [0.25, 0.3) is 5.91 Å². The zero-order valence-corrected chi connectivity index (χ0v) is 10.1. The number of hydrogen-bond acceptors (Lipinski definition) is 2. The first-order valence-electron chi connectivity index (χ1n) is 5.65. The SMILES string of the molecule is NC(=S)Nc1ccc2c(c1)C(=O)N(C1CC1)C2. The summed E-state index contributed by atoms with van der Waals surface area (Å²) in [6.45, 7) is 0.742. The molecule has 0 atom stereocenters. The van der Waals surface area contributed by atoms with Crippen LogP contribution in [0.2, 0.25) is 0 Å². The highest BCUT2D eigenvalue weighted by Gasteiger charge is 2.38. The maximum Gasteiger partial charge on any atom is 0.254 e. The van der Waals surface area contributed by atoms with Crippen LogP contribution in [0.15, 0.2) is 18.2 Å².